The van der Waals surface area contributed by atoms with Crippen molar-refractivity contribution in [2.75, 3.05) is 13.7 Å². The van der Waals surface area contributed by atoms with Crippen LogP contribution >= 0.6 is 11.3 Å². The summed E-state index contributed by atoms with van der Waals surface area (Å²) in [5.74, 6) is 1.46. The quantitative estimate of drug-likeness (QED) is 0.839. The summed E-state index contributed by atoms with van der Waals surface area (Å²) in [6.07, 6.45) is 3.29. The number of rotatable bonds is 7. The second kappa shape index (κ2) is 7.31. The van der Waals surface area contributed by atoms with E-state index in [0.29, 0.717) is 5.92 Å². The van der Waals surface area contributed by atoms with Crippen molar-refractivity contribution in [2.24, 2.45) is 11.7 Å². The molecule has 0 bridgehead atoms. The number of hydrogen-bond acceptors (Lipinski definition) is 3. The van der Waals surface area contributed by atoms with Crippen molar-refractivity contribution >= 4 is 11.3 Å². The predicted molar refractivity (Wildman–Crippen MR) is 81.9 cm³/mol. The lowest BCUT2D eigenvalue weighted by molar-refractivity contribution is 0.413. The second-order valence-corrected chi connectivity index (χ2v) is 5.61. The molecule has 0 amide bonds. The lowest BCUT2D eigenvalue weighted by Crippen LogP contribution is -2.17. The Morgan fingerprint density at radius 2 is 2.16 bits per heavy atom. The molecule has 102 valence electrons. The summed E-state index contributed by atoms with van der Waals surface area (Å²) in [6, 6.07) is 10.5. The minimum absolute atomic E-state index is 0.534. The van der Waals surface area contributed by atoms with Crippen LogP contribution in [0.3, 0.4) is 0 Å². The zero-order valence-electron chi connectivity index (χ0n) is 11.3. The number of aryl methyl sites for hydroxylation is 1. The Labute approximate surface area is 119 Å². The fourth-order valence-corrected chi connectivity index (χ4v) is 2.94. The van der Waals surface area contributed by atoms with Gasteiger partial charge >= 0.3 is 0 Å². The van der Waals surface area contributed by atoms with Crippen molar-refractivity contribution in [1.29, 1.82) is 0 Å². The zero-order chi connectivity index (χ0) is 13.5. The number of nitrogens with two attached hydrogens (primary N) is 1. The summed E-state index contributed by atoms with van der Waals surface area (Å²) in [6.45, 7) is 0.737. The first-order chi connectivity index (χ1) is 9.31. The van der Waals surface area contributed by atoms with Gasteiger partial charge in [0.25, 0.3) is 0 Å². The fraction of sp³-hybridized carbons (Fsp3) is 0.375. The molecule has 1 aromatic carbocycles. The molecule has 0 radical (unpaired) electrons. The number of methoxy groups -OCH3 is 1. The van der Waals surface area contributed by atoms with Crippen molar-refractivity contribution in [3.63, 3.8) is 0 Å². The monoisotopic (exact) mass is 275 g/mol. The van der Waals surface area contributed by atoms with E-state index in [1.807, 2.05) is 12.1 Å². The van der Waals surface area contributed by atoms with Crippen LogP contribution in [0.2, 0.25) is 0 Å². The molecule has 1 heterocycles. The van der Waals surface area contributed by atoms with Gasteiger partial charge in [-0.05, 0) is 71.8 Å². The predicted octanol–water partition coefficient (Wildman–Crippen LogP) is 3.51. The van der Waals surface area contributed by atoms with Crippen LogP contribution in [0.1, 0.15) is 17.5 Å². The summed E-state index contributed by atoms with van der Waals surface area (Å²) in [5.41, 5.74) is 8.63. The first kappa shape index (κ1) is 14.1. The molecule has 0 aliphatic carbocycles. The van der Waals surface area contributed by atoms with Crippen LogP contribution in [0, 0.1) is 5.92 Å². The molecule has 1 unspecified atom stereocenters. The molecular weight excluding hydrogens is 254 g/mol. The zero-order valence-corrected chi connectivity index (χ0v) is 12.2. The van der Waals surface area contributed by atoms with Gasteiger partial charge < -0.3 is 10.5 Å². The summed E-state index contributed by atoms with van der Waals surface area (Å²) < 4.78 is 5.26. The van der Waals surface area contributed by atoms with Gasteiger partial charge in [0.2, 0.25) is 0 Å². The maximum absolute atomic E-state index is 5.90. The maximum atomic E-state index is 5.90. The highest BCUT2D eigenvalue weighted by Crippen LogP contribution is 2.19. The molecule has 1 atom stereocenters. The molecule has 0 fully saturated rings. The molecule has 0 aliphatic rings. The second-order valence-electron chi connectivity index (χ2n) is 4.83. The first-order valence-corrected chi connectivity index (χ1v) is 7.60. The van der Waals surface area contributed by atoms with E-state index in [2.05, 4.69) is 29.0 Å². The van der Waals surface area contributed by atoms with Gasteiger partial charge in [0.1, 0.15) is 5.75 Å². The molecule has 2 aromatic rings. The lowest BCUT2D eigenvalue weighted by Gasteiger charge is -2.15. The third-order valence-corrected chi connectivity index (χ3v) is 4.15. The van der Waals surface area contributed by atoms with Gasteiger partial charge in [-0.2, -0.15) is 11.3 Å². The van der Waals surface area contributed by atoms with Crippen molar-refractivity contribution in [1.82, 2.24) is 0 Å². The number of hydrogen-bond donors (Lipinski definition) is 1. The maximum Gasteiger partial charge on any atom is 0.119 e. The van der Waals surface area contributed by atoms with Gasteiger partial charge in [0.05, 0.1) is 7.11 Å². The molecule has 0 aliphatic heterocycles. The van der Waals surface area contributed by atoms with E-state index in [1.165, 1.54) is 11.1 Å². The summed E-state index contributed by atoms with van der Waals surface area (Å²) in [7, 11) is 1.70. The SMILES string of the molecule is COc1cccc(CC(CN)CCc2ccsc2)c1. The van der Waals surface area contributed by atoms with Crippen molar-refractivity contribution in [2.45, 2.75) is 19.3 Å². The molecular formula is C16H21NOS. The first-order valence-electron chi connectivity index (χ1n) is 6.66. The lowest BCUT2D eigenvalue weighted by atomic mass is 9.93. The minimum Gasteiger partial charge on any atom is -0.497 e. The van der Waals surface area contributed by atoms with Gasteiger partial charge in [0.15, 0.2) is 0 Å². The highest BCUT2D eigenvalue weighted by atomic mass is 32.1. The van der Waals surface area contributed by atoms with E-state index < -0.39 is 0 Å². The Hall–Kier alpha value is -1.32. The van der Waals surface area contributed by atoms with E-state index in [0.717, 1.165) is 31.6 Å². The van der Waals surface area contributed by atoms with Crippen LogP contribution in [-0.4, -0.2) is 13.7 Å². The van der Waals surface area contributed by atoms with E-state index in [-0.39, 0.29) is 0 Å². The molecule has 0 saturated heterocycles. The Morgan fingerprint density at radius 1 is 1.26 bits per heavy atom. The van der Waals surface area contributed by atoms with Crippen LogP contribution in [0.4, 0.5) is 0 Å². The van der Waals surface area contributed by atoms with Crippen LogP contribution in [0.5, 0.6) is 5.75 Å². The molecule has 1 aromatic heterocycles. The topological polar surface area (TPSA) is 35.2 Å². The van der Waals surface area contributed by atoms with Gasteiger partial charge in [0, 0.05) is 0 Å². The highest BCUT2D eigenvalue weighted by Gasteiger charge is 2.09. The van der Waals surface area contributed by atoms with E-state index in [9.17, 15) is 0 Å². The third-order valence-electron chi connectivity index (χ3n) is 3.41. The van der Waals surface area contributed by atoms with Gasteiger partial charge in [-0.15, -0.1) is 0 Å². The van der Waals surface area contributed by atoms with Gasteiger partial charge in [-0.3, -0.25) is 0 Å². The van der Waals surface area contributed by atoms with Crippen LogP contribution in [0.25, 0.3) is 0 Å². The molecule has 2 nitrogen and oxygen atoms in total. The van der Waals surface area contributed by atoms with Crippen LogP contribution in [-0.2, 0) is 12.8 Å². The molecule has 3 heteroatoms. The van der Waals surface area contributed by atoms with Gasteiger partial charge in [-0.1, -0.05) is 12.1 Å². The average Bonchev–Trinajstić information content (AvgIpc) is 2.97. The summed E-state index contributed by atoms with van der Waals surface area (Å²) in [5, 5.41) is 4.36. The Morgan fingerprint density at radius 3 is 2.84 bits per heavy atom. The third kappa shape index (κ3) is 4.37. The molecule has 0 saturated carbocycles. The summed E-state index contributed by atoms with van der Waals surface area (Å²) in [4.78, 5) is 0. The molecule has 0 spiro atoms. The Bertz CT molecular complexity index is 481. The van der Waals surface area contributed by atoms with Crippen LogP contribution < -0.4 is 10.5 Å². The fourth-order valence-electron chi connectivity index (χ4n) is 2.24. The largest absolute Gasteiger partial charge is 0.497 e. The smallest absolute Gasteiger partial charge is 0.119 e. The normalized spacial score (nSPS) is 12.3. The number of ether oxygens (including phenoxy) is 1. The van der Waals surface area contributed by atoms with Crippen LogP contribution in [0.15, 0.2) is 41.1 Å². The van der Waals surface area contributed by atoms with Gasteiger partial charge in [-0.25, -0.2) is 0 Å². The molecule has 2 N–H and O–H groups in total. The van der Waals surface area contributed by atoms with E-state index >= 15 is 0 Å². The molecule has 2 rings (SSSR count). The standard InChI is InChI=1S/C16H21NOS/c1-18-16-4-2-3-14(10-16)9-15(11-17)6-5-13-7-8-19-12-13/h2-4,7-8,10,12,15H,5-6,9,11,17H2,1H3. The highest BCUT2D eigenvalue weighted by molar-refractivity contribution is 7.07. The van der Waals surface area contributed by atoms with Crippen molar-refractivity contribution < 1.29 is 4.74 Å². The average molecular weight is 275 g/mol. The van der Waals surface area contributed by atoms with E-state index in [1.54, 1.807) is 18.4 Å². The Balaban J connectivity index is 1.90. The van der Waals surface area contributed by atoms with Crippen molar-refractivity contribution in [3.05, 3.63) is 52.2 Å². The van der Waals surface area contributed by atoms with Crippen molar-refractivity contribution in [3.8, 4) is 5.75 Å². The minimum atomic E-state index is 0.534. The number of thiophene rings is 1. The number of benzene rings is 1. The van der Waals surface area contributed by atoms with E-state index in [4.69, 9.17) is 10.5 Å². The molecule has 19 heavy (non-hydrogen) atoms. The Kier molecular flexibility index (Phi) is 5.43. The summed E-state index contributed by atoms with van der Waals surface area (Å²) >= 11 is 1.76.